The van der Waals surface area contributed by atoms with Gasteiger partial charge in [0.2, 0.25) is 0 Å². The minimum absolute atomic E-state index is 0. The third-order valence-corrected chi connectivity index (χ3v) is 5.40. The number of esters is 1. The first-order valence-corrected chi connectivity index (χ1v) is 10.1. The second-order valence-corrected chi connectivity index (χ2v) is 7.41. The molecule has 1 aromatic rings. The zero-order valence-corrected chi connectivity index (χ0v) is 19.0. The fraction of sp³-hybridized carbons (Fsp3) is 0.579. The SMILES string of the molecule is CCOC(=O)C1CCC(NC(=NC)NCCSc2ccc(F)cc2)CC1.I. The molecule has 0 bridgehead atoms. The number of nitrogens with one attached hydrogen (secondary N) is 2. The van der Waals surface area contributed by atoms with E-state index in [1.165, 1.54) is 12.1 Å². The van der Waals surface area contributed by atoms with Crippen molar-refractivity contribution in [2.24, 2.45) is 10.9 Å². The van der Waals surface area contributed by atoms with Crippen LogP contribution < -0.4 is 10.6 Å². The molecule has 0 spiro atoms. The number of rotatable bonds is 7. The van der Waals surface area contributed by atoms with E-state index in [2.05, 4.69) is 15.6 Å². The Morgan fingerprint density at radius 2 is 1.93 bits per heavy atom. The lowest BCUT2D eigenvalue weighted by Crippen LogP contribution is -2.45. The molecule has 0 amide bonds. The summed E-state index contributed by atoms with van der Waals surface area (Å²) < 4.78 is 18.0. The molecular weight excluding hydrogens is 480 g/mol. The van der Waals surface area contributed by atoms with E-state index in [0.717, 1.165) is 48.8 Å². The lowest BCUT2D eigenvalue weighted by atomic mass is 9.86. The van der Waals surface area contributed by atoms with Crippen LogP contribution in [0, 0.1) is 11.7 Å². The summed E-state index contributed by atoms with van der Waals surface area (Å²) in [5, 5.41) is 6.74. The van der Waals surface area contributed by atoms with Crippen LogP contribution in [0.25, 0.3) is 0 Å². The van der Waals surface area contributed by atoms with Gasteiger partial charge in [0.05, 0.1) is 12.5 Å². The number of hydrogen-bond acceptors (Lipinski definition) is 4. The van der Waals surface area contributed by atoms with Crippen molar-refractivity contribution >= 4 is 47.7 Å². The number of thioether (sulfide) groups is 1. The molecule has 0 unspecified atom stereocenters. The third-order valence-electron chi connectivity index (χ3n) is 4.39. The first-order valence-electron chi connectivity index (χ1n) is 9.14. The number of halogens is 2. The summed E-state index contributed by atoms with van der Waals surface area (Å²) in [7, 11) is 1.76. The van der Waals surface area contributed by atoms with E-state index in [4.69, 9.17) is 4.74 Å². The summed E-state index contributed by atoms with van der Waals surface area (Å²) in [4.78, 5) is 17.1. The second kappa shape index (κ2) is 13.2. The zero-order chi connectivity index (χ0) is 18.8. The number of carbonyl (C=O) groups is 1. The quantitative estimate of drug-likeness (QED) is 0.146. The Morgan fingerprint density at radius 1 is 1.26 bits per heavy atom. The molecular formula is C19H29FIN3O2S. The molecule has 1 aliphatic rings. The van der Waals surface area contributed by atoms with Gasteiger partial charge in [-0.15, -0.1) is 35.7 Å². The molecule has 0 saturated heterocycles. The predicted molar refractivity (Wildman–Crippen MR) is 119 cm³/mol. The van der Waals surface area contributed by atoms with Crippen molar-refractivity contribution in [3.8, 4) is 0 Å². The molecule has 2 rings (SSSR count). The van der Waals surface area contributed by atoms with E-state index in [9.17, 15) is 9.18 Å². The van der Waals surface area contributed by atoms with Gasteiger partial charge in [0.15, 0.2) is 5.96 Å². The average molecular weight is 509 g/mol. The minimum Gasteiger partial charge on any atom is -0.466 e. The molecule has 1 fully saturated rings. The van der Waals surface area contributed by atoms with Crippen molar-refractivity contribution < 1.29 is 13.9 Å². The van der Waals surface area contributed by atoms with Crippen LogP contribution in [-0.4, -0.2) is 43.9 Å². The lowest BCUT2D eigenvalue weighted by Gasteiger charge is -2.29. The summed E-state index contributed by atoms with van der Waals surface area (Å²) >= 11 is 1.67. The maximum atomic E-state index is 12.9. The molecule has 152 valence electrons. The number of benzene rings is 1. The topological polar surface area (TPSA) is 62.7 Å². The maximum absolute atomic E-state index is 12.9. The van der Waals surface area contributed by atoms with Crippen LogP contribution in [0.1, 0.15) is 32.6 Å². The van der Waals surface area contributed by atoms with Gasteiger partial charge in [-0.05, 0) is 56.9 Å². The lowest BCUT2D eigenvalue weighted by molar-refractivity contribution is -0.149. The Kier molecular flexibility index (Phi) is 11.7. The van der Waals surface area contributed by atoms with Crippen LogP contribution in [-0.2, 0) is 9.53 Å². The van der Waals surface area contributed by atoms with Gasteiger partial charge >= 0.3 is 5.97 Å². The highest BCUT2D eigenvalue weighted by Crippen LogP contribution is 2.25. The van der Waals surface area contributed by atoms with Gasteiger partial charge in [-0.1, -0.05) is 0 Å². The normalized spacial score (nSPS) is 19.7. The Balaban J connectivity index is 0.00000364. The standard InChI is InChI=1S/C19H28FN3O2S.HI/c1-3-25-18(24)14-4-8-16(9-5-14)23-19(21-2)22-12-13-26-17-10-6-15(20)7-11-17;/h6-7,10-11,14,16H,3-5,8-9,12-13H2,1-2H3,(H2,21,22,23);1H. The van der Waals surface area contributed by atoms with Crippen LogP contribution in [0.5, 0.6) is 0 Å². The van der Waals surface area contributed by atoms with Crippen LogP contribution in [0.4, 0.5) is 4.39 Å². The Bertz CT molecular complexity index is 593. The molecule has 0 aromatic heterocycles. The highest BCUT2D eigenvalue weighted by atomic mass is 127. The minimum atomic E-state index is -0.213. The van der Waals surface area contributed by atoms with E-state index in [1.807, 2.05) is 6.92 Å². The molecule has 0 heterocycles. The van der Waals surface area contributed by atoms with E-state index in [0.29, 0.717) is 12.6 Å². The van der Waals surface area contributed by atoms with Gasteiger partial charge in [0, 0.05) is 30.3 Å². The van der Waals surface area contributed by atoms with Gasteiger partial charge < -0.3 is 15.4 Å². The number of aliphatic imine (C=N–C) groups is 1. The highest BCUT2D eigenvalue weighted by Gasteiger charge is 2.27. The van der Waals surface area contributed by atoms with Crippen molar-refractivity contribution in [2.75, 3.05) is 26.0 Å². The Labute approximate surface area is 182 Å². The Morgan fingerprint density at radius 3 is 2.52 bits per heavy atom. The van der Waals surface area contributed by atoms with Gasteiger partial charge in [0.25, 0.3) is 0 Å². The smallest absolute Gasteiger partial charge is 0.308 e. The number of nitrogens with zero attached hydrogens (tertiary/aromatic N) is 1. The summed E-state index contributed by atoms with van der Waals surface area (Å²) in [6, 6.07) is 6.85. The molecule has 1 aromatic carbocycles. The van der Waals surface area contributed by atoms with Crippen molar-refractivity contribution in [3.05, 3.63) is 30.1 Å². The number of ether oxygens (including phenoxy) is 1. The predicted octanol–water partition coefficient (Wildman–Crippen LogP) is 3.82. The molecule has 1 saturated carbocycles. The fourth-order valence-corrected chi connectivity index (χ4v) is 3.76. The van der Waals surface area contributed by atoms with Gasteiger partial charge in [0.1, 0.15) is 5.82 Å². The summed E-state index contributed by atoms with van der Waals surface area (Å²) in [6.07, 6.45) is 3.59. The average Bonchev–Trinajstić information content (AvgIpc) is 2.66. The number of hydrogen-bond donors (Lipinski definition) is 2. The molecule has 5 nitrogen and oxygen atoms in total. The van der Waals surface area contributed by atoms with Crippen molar-refractivity contribution in [2.45, 2.75) is 43.5 Å². The van der Waals surface area contributed by atoms with E-state index in [1.54, 1.807) is 30.9 Å². The van der Waals surface area contributed by atoms with E-state index >= 15 is 0 Å². The van der Waals surface area contributed by atoms with Gasteiger partial charge in [-0.3, -0.25) is 9.79 Å². The highest BCUT2D eigenvalue weighted by molar-refractivity contribution is 14.0. The summed E-state index contributed by atoms with van der Waals surface area (Å²) in [5.41, 5.74) is 0. The zero-order valence-electron chi connectivity index (χ0n) is 15.9. The first kappa shape index (κ1) is 24.0. The molecule has 8 heteroatoms. The van der Waals surface area contributed by atoms with Crippen LogP contribution >= 0.6 is 35.7 Å². The monoisotopic (exact) mass is 509 g/mol. The molecule has 0 radical (unpaired) electrons. The van der Waals surface area contributed by atoms with E-state index in [-0.39, 0.29) is 41.7 Å². The summed E-state index contributed by atoms with van der Waals surface area (Å²) in [6.45, 7) is 3.05. The largest absolute Gasteiger partial charge is 0.466 e. The number of carbonyl (C=O) groups excluding carboxylic acids is 1. The van der Waals surface area contributed by atoms with Crippen LogP contribution in [0.3, 0.4) is 0 Å². The second-order valence-electron chi connectivity index (χ2n) is 6.25. The van der Waals surface area contributed by atoms with Crippen LogP contribution in [0.15, 0.2) is 34.2 Å². The van der Waals surface area contributed by atoms with E-state index < -0.39 is 0 Å². The van der Waals surface area contributed by atoms with Gasteiger partial charge in [-0.2, -0.15) is 0 Å². The molecule has 27 heavy (non-hydrogen) atoms. The molecule has 0 aliphatic heterocycles. The van der Waals surface area contributed by atoms with Crippen molar-refractivity contribution in [1.29, 1.82) is 0 Å². The Hall–Kier alpha value is -1.03. The molecule has 0 atom stereocenters. The maximum Gasteiger partial charge on any atom is 0.308 e. The summed E-state index contributed by atoms with van der Waals surface area (Å²) in [5.74, 6) is 1.41. The third kappa shape index (κ3) is 8.68. The van der Waals surface area contributed by atoms with Crippen molar-refractivity contribution in [3.63, 3.8) is 0 Å². The fourth-order valence-electron chi connectivity index (χ4n) is 2.99. The first-order chi connectivity index (χ1) is 12.6. The molecule has 2 N–H and O–H groups in total. The van der Waals surface area contributed by atoms with Crippen molar-refractivity contribution in [1.82, 2.24) is 10.6 Å². The number of guanidine groups is 1. The van der Waals surface area contributed by atoms with Crippen LogP contribution in [0.2, 0.25) is 0 Å². The molecule has 1 aliphatic carbocycles. The van der Waals surface area contributed by atoms with Gasteiger partial charge in [-0.25, -0.2) is 4.39 Å².